The molecule has 3 aromatic rings. The highest BCUT2D eigenvalue weighted by Crippen LogP contribution is 2.34. The van der Waals surface area contributed by atoms with Crippen molar-refractivity contribution in [3.8, 4) is 11.8 Å². The summed E-state index contributed by atoms with van der Waals surface area (Å²) in [7, 11) is 0. The number of nitrogens with zero attached hydrogens (tertiary/aromatic N) is 3. The first-order valence-corrected chi connectivity index (χ1v) is 9.56. The van der Waals surface area contributed by atoms with Gasteiger partial charge in [-0.3, -0.25) is 14.9 Å². The summed E-state index contributed by atoms with van der Waals surface area (Å²) in [4.78, 5) is 23.1. The Balaban J connectivity index is 1.97. The number of para-hydroxylation sites is 1. The van der Waals surface area contributed by atoms with E-state index in [1.165, 1.54) is 36.4 Å². The highest BCUT2D eigenvalue weighted by Gasteiger charge is 2.33. The molecule has 0 aliphatic rings. The molecule has 0 aliphatic heterocycles. The van der Waals surface area contributed by atoms with E-state index in [1.807, 2.05) is 0 Å². The van der Waals surface area contributed by atoms with Crippen molar-refractivity contribution in [1.29, 1.82) is 5.26 Å². The van der Waals surface area contributed by atoms with Crippen LogP contribution in [0, 0.1) is 35.3 Å². The third-order valence-corrected chi connectivity index (χ3v) is 4.91. The number of alkyl halides is 3. The van der Waals surface area contributed by atoms with Crippen molar-refractivity contribution in [3.05, 3.63) is 92.8 Å². The van der Waals surface area contributed by atoms with Gasteiger partial charge in [0.15, 0.2) is 0 Å². The predicted molar refractivity (Wildman–Crippen MR) is 116 cm³/mol. The fourth-order valence-electron chi connectivity index (χ4n) is 3.41. The highest BCUT2D eigenvalue weighted by atomic mass is 19.4. The van der Waals surface area contributed by atoms with Crippen LogP contribution in [0.15, 0.2) is 60.2 Å². The molecule has 2 aromatic carbocycles. The van der Waals surface area contributed by atoms with Crippen LogP contribution >= 0.6 is 0 Å². The number of nitro benzene ring substituents is 1. The molecule has 0 radical (unpaired) electrons. The van der Waals surface area contributed by atoms with E-state index in [0.29, 0.717) is 22.6 Å². The molecule has 0 bridgehead atoms. The van der Waals surface area contributed by atoms with E-state index in [2.05, 4.69) is 5.32 Å². The lowest BCUT2D eigenvalue weighted by atomic mass is 10.1. The van der Waals surface area contributed by atoms with Gasteiger partial charge in [-0.05, 0) is 49.8 Å². The second-order valence-electron chi connectivity index (χ2n) is 7.11. The minimum atomic E-state index is -4.68. The maximum absolute atomic E-state index is 13.2. The van der Waals surface area contributed by atoms with Gasteiger partial charge >= 0.3 is 6.18 Å². The minimum Gasteiger partial charge on any atom is -0.321 e. The molecule has 0 saturated carbocycles. The largest absolute Gasteiger partial charge is 0.418 e. The lowest BCUT2D eigenvalue weighted by Crippen LogP contribution is -2.17. The van der Waals surface area contributed by atoms with Crippen LogP contribution < -0.4 is 5.32 Å². The van der Waals surface area contributed by atoms with E-state index in [-0.39, 0.29) is 5.69 Å². The first-order chi connectivity index (χ1) is 15.5. The van der Waals surface area contributed by atoms with Crippen LogP contribution in [-0.4, -0.2) is 15.4 Å². The molecule has 0 aliphatic carbocycles. The van der Waals surface area contributed by atoms with E-state index in [1.54, 1.807) is 36.6 Å². The van der Waals surface area contributed by atoms with Gasteiger partial charge in [0, 0.05) is 23.5 Å². The number of carbonyl (C=O) groups is 1. The van der Waals surface area contributed by atoms with Crippen molar-refractivity contribution in [2.24, 2.45) is 0 Å². The number of non-ortho nitro benzene ring substituents is 1. The Hall–Kier alpha value is -4.39. The van der Waals surface area contributed by atoms with Crippen LogP contribution in [0.3, 0.4) is 0 Å². The van der Waals surface area contributed by atoms with Crippen molar-refractivity contribution in [3.63, 3.8) is 0 Å². The van der Waals surface area contributed by atoms with Gasteiger partial charge in [0.2, 0.25) is 0 Å². The Bertz CT molecular complexity index is 1320. The van der Waals surface area contributed by atoms with E-state index in [9.17, 15) is 33.3 Å². The molecule has 3 rings (SSSR count). The Morgan fingerprint density at radius 3 is 2.48 bits per heavy atom. The molecule has 1 N–H and O–H groups in total. The monoisotopic (exact) mass is 454 g/mol. The zero-order chi connectivity index (χ0) is 24.3. The second-order valence-corrected chi connectivity index (χ2v) is 7.11. The van der Waals surface area contributed by atoms with Crippen molar-refractivity contribution < 1.29 is 22.9 Å². The molecule has 1 amide bonds. The van der Waals surface area contributed by atoms with Gasteiger partial charge < -0.3 is 9.88 Å². The first-order valence-electron chi connectivity index (χ1n) is 9.56. The van der Waals surface area contributed by atoms with Crippen LogP contribution in [0.1, 0.15) is 22.5 Å². The van der Waals surface area contributed by atoms with Gasteiger partial charge in [-0.1, -0.05) is 18.2 Å². The summed E-state index contributed by atoms with van der Waals surface area (Å²) >= 11 is 0. The molecular weight excluding hydrogens is 437 g/mol. The van der Waals surface area contributed by atoms with Gasteiger partial charge in [0.25, 0.3) is 11.6 Å². The van der Waals surface area contributed by atoms with Crippen LogP contribution in [0.2, 0.25) is 0 Å². The Kier molecular flexibility index (Phi) is 6.35. The molecule has 1 aromatic heterocycles. The fourth-order valence-corrected chi connectivity index (χ4v) is 3.41. The molecule has 10 heteroatoms. The van der Waals surface area contributed by atoms with Crippen molar-refractivity contribution >= 4 is 23.4 Å². The van der Waals surface area contributed by atoms with Gasteiger partial charge in [-0.25, -0.2) is 0 Å². The summed E-state index contributed by atoms with van der Waals surface area (Å²) in [5.74, 6) is -0.991. The van der Waals surface area contributed by atoms with Crippen LogP contribution in [-0.2, 0) is 11.0 Å². The number of rotatable bonds is 5. The van der Waals surface area contributed by atoms with Crippen LogP contribution in [0.4, 0.5) is 24.5 Å². The minimum absolute atomic E-state index is 0.0995. The van der Waals surface area contributed by atoms with Gasteiger partial charge in [-0.2, -0.15) is 18.4 Å². The normalized spacial score (nSPS) is 11.7. The number of aryl methyl sites for hydroxylation is 1. The zero-order valence-corrected chi connectivity index (χ0v) is 17.5. The molecule has 0 spiro atoms. The second kappa shape index (κ2) is 9.00. The quantitative estimate of drug-likeness (QED) is 0.236. The summed E-state index contributed by atoms with van der Waals surface area (Å²) in [6, 6.07) is 13.8. The van der Waals surface area contributed by atoms with Crippen LogP contribution in [0.25, 0.3) is 11.8 Å². The molecule has 33 heavy (non-hydrogen) atoms. The zero-order valence-electron chi connectivity index (χ0n) is 17.5. The fraction of sp³-hybridized carbons (Fsp3) is 0.130. The lowest BCUT2D eigenvalue weighted by molar-refractivity contribution is -0.384. The Morgan fingerprint density at radius 1 is 1.15 bits per heavy atom. The molecule has 168 valence electrons. The van der Waals surface area contributed by atoms with Crippen molar-refractivity contribution in [1.82, 2.24) is 4.57 Å². The summed E-state index contributed by atoms with van der Waals surface area (Å²) in [6.45, 7) is 3.44. The molecular formula is C23H17F3N4O3. The maximum atomic E-state index is 13.2. The smallest absolute Gasteiger partial charge is 0.321 e. The van der Waals surface area contributed by atoms with E-state index < -0.39 is 33.8 Å². The Labute approximate surface area is 186 Å². The van der Waals surface area contributed by atoms with E-state index in [4.69, 9.17) is 0 Å². The van der Waals surface area contributed by atoms with E-state index in [0.717, 1.165) is 12.1 Å². The van der Waals surface area contributed by atoms with Gasteiger partial charge in [0.1, 0.15) is 11.6 Å². The number of nitrogens with one attached hydrogen (secondary N) is 1. The number of amides is 1. The number of nitriles is 1. The SMILES string of the molecule is Cc1cc(/C=C(\C#N)C(=O)Nc2ccccc2C(F)(F)F)c(C)n1-c1cccc([N+](=O)[O-])c1. The molecule has 0 atom stereocenters. The third kappa shape index (κ3) is 4.93. The lowest BCUT2D eigenvalue weighted by Gasteiger charge is -2.13. The van der Waals surface area contributed by atoms with Crippen LogP contribution in [0.5, 0.6) is 0 Å². The number of halogens is 3. The summed E-state index contributed by atoms with van der Waals surface area (Å²) in [6.07, 6.45) is -3.41. The first kappa shape index (κ1) is 23.3. The molecule has 0 saturated heterocycles. The molecule has 7 nitrogen and oxygen atoms in total. The molecule has 0 fully saturated rings. The standard InChI is InChI=1S/C23H17F3N4O3/c1-14-10-16(15(2)29(14)18-6-5-7-19(12-18)30(32)33)11-17(13-27)22(31)28-21-9-4-3-8-20(21)23(24,25)26/h3-12H,1-2H3,(H,28,31)/b17-11+. The maximum Gasteiger partial charge on any atom is 0.418 e. The Morgan fingerprint density at radius 2 is 1.85 bits per heavy atom. The van der Waals surface area contributed by atoms with Gasteiger partial charge in [0.05, 0.1) is 21.9 Å². The molecule has 0 unspecified atom stereocenters. The third-order valence-electron chi connectivity index (χ3n) is 4.91. The number of hydrogen-bond donors (Lipinski definition) is 1. The summed E-state index contributed by atoms with van der Waals surface area (Å²) in [5.41, 5.74) is 0.265. The molecule has 1 heterocycles. The van der Waals surface area contributed by atoms with Crippen molar-refractivity contribution in [2.45, 2.75) is 20.0 Å². The van der Waals surface area contributed by atoms with E-state index >= 15 is 0 Å². The summed E-state index contributed by atoms with van der Waals surface area (Å²) in [5, 5.41) is 22.7. The number of carbonyl (C=O) groups excluding carboxylic acids is 1. The number of nitro groups is 1. The van der Waals surface area contributed by atoms with Crippen molar-refractivity contribution in [2.75, 3.05) is 5.32 Å². The topological polar surface area (TPSA) is 101 Å². The number of anilines is 1. The number of benzene rings is 2. The number of aromatic nitrogens is 1. The average molecular weight is 454 g/mol. The van der Waals surface area contributed by atoms with Gasteiger partial charge in [-0.15, -0.1) is 0 Å². The average Bonchev–Trinajstić information content (AvgIpc) is 3.04. The predicted octanol–water partition coefficient (Wildman–Crippen LogP) is 5.57. The highest BCUT2D eigenvalue weighted by molar-refractivity contribution is 6.10. The summed E-state index contributed by atoms with van der Waals surface area (Å²) < 4.78 is 41.3. The number of hydrogen-bond acceptors (Lipinski definition) is 4.